The van der Waals surface area contributed by atoms with Crippen LogP contribution in [0.4, 0.5) is 0 Å². The van der Waals surface area contributed by atoms with Gasteiger partial charge in [0, 0.05) is 0 Å². The number of hydrogen-bond donors (Lipinski definition) is 0. The minimum atomic E-state index is 0. The van der Waals surface area contributed by atoms with Gasteiger partial charge in [0.05, 0.1) is 0 Å². The van der Waals surface area contributed by atoms with Crippen LogP contribution in [0.15, 0.2) is 24.8 Å². The molecule has 0 rings (SSSR count). The van der Waals surface area contributed by atoms with E-state index in [9.17, 15) is 0 Å². The molecule has 0 saturated carbocycles. The Morgan fingerprint density at radius 1 is 1.62 bits per heavy atom. The molecule has 0 aromatic rings. The second-order valence-corrected chi connectivity index (χ2v) is 1.09. The van der Waals surface area contributed by atoms with Crippen LogP contribution in [-0.4, -0.2) is 0 Å². The normalized spacial score (nSPS) is 7.12. The molecule has 1 heteroatoms. The zero-order valence-corrected chi connectivity index (χ0v) is 8.27. The standard InChI is InChI=1S/C6H10.CH4.K.H/c1-3-5-6-4-2;;;/h3-4,6H,1,5H2,2H3;1H4;;/q;;+1;-1. The Morgan fingerprint density at radius 2 is 2.12 bits per heavy atom. The quantitative estimate of drug-likeness (QED) is 0.369. The van der Waals surface area contributed by atoms with Crippen LogP contribution in [0, 0.1) is 0 Å². The van der Waals surface area contributed by atoms with E-state index in [0.29, 0.717) is 0 Å². The number of hydrogen-bond acceptors (Lipinski definition) is 0. The summed E-state index contributed by atoms with van der Waals surface area (Å²) in [6, 6.07) is 0. The summed E-state index contributed by atoms with van der Waals surface area (Å²) in [5.41, 5.74) is 0. The third kappa shape index (κ3) is 15.7. The Labute approximate surface area is 97.0 Å². The average Bonchev–Trinajstić information content (AvgIpc) is 1.61. The first-order chi connectivity index (χ1) is 2.91. The van der Waals surface area contributed by atoms with Gasteiger partial charge >= 0.3 is 51.4 Å². The molecular formula is C7H15K. The van der Waals surface area contributed by atoms with Crippen molar-refractivity contribution in [3.05, 3.63) is 24.8 Å². The van der Waals surface area contributed by atoms with Crippen LogP contribution in [0.1, 0.15) is 22.2 Å². The van der Waals surface area contributed by atoms with E-state index >= 15 is 0 Å². The van der Waals surface area contributed by atoms with Crippen molar-refractivity contribution in [2.24, 2.45) is 0 Å². The topological polar surface area (TPSA) is 0 Å². The van der Waals surface area contributed by atoms with Gasteiger partial charge in [-0.1, -0.05) is 25.7 Å². The molecule has 0 aromatic carbocycles. The van der Waals surface area contributed by atoms with Gasteiger partial charge in [-0.25, -0.2) is 0 Å². The second-order valence-electron chi connectivity index (χ2n) is 1.09. The smallest absolute Gasteiger partial charge is 1.00 e. The number of rotatable bonds is 2. The summed E-state index contributed by atoms with van der Waals surface area (Å²) >= 11 is 0. The van der Waals surface area contributed by atoms with Crippen molar-refractivity contribution in [2.75, 3.05) is 0 Å². The fourth-order valence-corrected chi connectivity index (χ4v) is 0.232. The Morgan fingerprint density at radius 3 is 2.25 bits per heavy atom. The molecule has 0 radical (unpaired) electrons. The monoisotopic (exact) mass is 138 g/mol. The van der Waals surface area contributed by atoms with Gasteiger partial charge < -0.3 is 1.43 Å². The summed E-state index contributed by atoms with van der Waals surface area (Å²) in [6.07, 6.45) is 6.95. The van der Waals surface area contributed by atoms with E-state index in [-0.39, 0.29) is 60.2 Å². The maximum atomic E-state index is 3.55. The van der Waals surface area contributed by atoms with Crippen LogP contribution in [-0.2, 0) is 0 Å². The van der Waals surface area contributed by atoms with Crippen LogP contribution in [0.2, 0.25) is 0 Å². The third-order valence-corrected chi connectivity index (χ3v) is 0.538. The molecule has 0 aliphatic rings. The van der Waals surface area contributed by atoms with Gasteiger partial charge in [0.25, 0.3) is 0 Å². The molecule has 0 bridgehead atoms. The van der Waals surface area contributed by atoms with E-state index in [2.05, 4.69) is 12.7 Å². The zero-order chi connectivity index (χ0) is 4.83. The molecule has 0 N–H and O–H groups in total. The minimum Gasteiger partial charge on any atom is -1.00 e. The molecule has 0 unspecified atom stereocenters. The van der Waals surface area contributed by atoms with Crippen LogP contribution in [0.25, 0.3) is 0 Å². The van der Waals surface area contributed by atoms with Crippen molar-refractivity contribution in [1.29, 1.82) is 0 Å². The average molecular weight is 138 g/mol. The van der Waals surface area contributed by atoms with Crippen molar-refractivity contribution < 1.29 is 52.8 Å². The fourth-order valence-electron chi connectivity index (χ4n) is 0.232. The van der Waals surface area contributed by atoms with E-state index in [1.165, 1.54) is 0 Å². The van der Waals surface area contributed by atoms with E-state index < -0.39 is 0 Å². The van der Waals surface area contributed by atoms with Gasteiger partial charge in [0.2, 0.25) is 0 Å². The Balaban J connectivity index is -0.0000000417. The Bertz CT molecular complexity index is 59.9. The molecule has 0 aromatic heterocycles. The largest absolute Gasteiger partial charge is 1.00 e. The first-order valence-corrected chi connectivity index (χ1v) is 2.14. The summed E-state index contributed by atoms with van der Waals surface area (Å²) in [5.74, 6) is 0. The first-order valence-electron chi connectivity index (χ1n) is 2.14. The van der Waals surface area contributed by atoms with Crippen LogP contribution < -0.4 is 51.4 Å². The van der Waals surface area contributed by atoms with Gasteiger partial charge in [-0.15, -0.1) is 6.58 Å². The van der Waals surface area contributed by atoms with Crippen molar-refractivity contribution >= 4 is 0 Å². The van der Waals surface area contributed by atoms with Gasteiger partial charge in [0.15, 0.2) is 0 Å². The van der Waals surface area contributed by atoms with E-state index in [1.54, 1.807) is 0 Å². The maximum absolute atomic E-state index is 3.55. The molecular weight excluding hydrogens is 123 g/mol. The molecule has 0 atom stereocenters. The van der Waals surface area contributed by atoms with Gasteiger partial charge in [0.1, 0.15) is 0 Å². The molecule has 0 saturated heterocycles. The summed E-state index contributed by atoms with van der Waals surface area (Å²) in [4.78, 5) is 0. The summed E-state index contributed by atoms with van der Waals surface area (Å²) in [6.45, 7) is 5.55. The molecule has 0 heterocycles. The van der Waals surface area contributed by atoms with Crippen molar-refractivity contribution in [2.45, 2.75) is 20.8 Å². The zero-order valence-electron chi connectivity index (χ0n) is 6.15. The number of allylic oxidation sites excluding steroid dienone is 3. The van der Waals surface area contributed by atoms with E-state index in [1.807, 2.05) is 19.1 Å². The maximum Gasteiger partial charge on any atom is 1.00 e. The molecule has 0 aliphatic heterocycles. The summed E-state index contributed by atoms with van der Waals surface area (Å²) in [7, 11) is 0. The van der Waals surface area contributed by atoms with Crippen molar-refractivity contribution in [3.63, 3.8) is 0 Å². The predicted octanol–water partition coefficient (Wildman–Crippen LogP) is -0.109. The molecule has 0 amide bonds. The fraction of sp³-hybridized carbons (Fsp3) is 0.429. The van der Waals surface area contributed by atoms with Crippen molar-refractivity contribution in [1.82, 2.24) is 0 Å². The molecule has 8 heavy (non-hydrogen) atoms. The van der Waals surface area contributed by atoms with Crippen LogP contribution in [0.3, 0.4) is 0 Å². The van der Waals surface area contributed by atoms with Gasteiger partial charge in [-0.3, -0.25) is 0 Å². The van der Waals surface area contributed by atoms with E-state index in [0.717, 1.165) is 6.42 Å². The SMILES string of the molecule is C.C=CCC=CC.[H-].[K+]. The van der Waals surface area contributed by atoms with Gasteiger partial charge in [-0.05, 0) is 13.3 Å². The Hall–Kier alpha value is 1.12. The summed E-state index contributed by atoms with van der Waals surface area (Å²) in [5, 5.41) is 0. The molecule has 0 aliphatic carbocycles. The van der Waals surface area contributed by atoms with Crippen LogP contribution >= 0.6 is 0 Å². The predicted molar refractivity (Wildman–Crippen MR) is 37.5 cm³/mol. The second kappa shape index (κ2) is 15.7. The van der Waals surface area contributed by atoms with E-state index in [4.69, 9.17) is 0 Å². The molecule has 0 nitrogen and oxygen atoms in total. The first kappa shape index (κ1) is 16.1. The van der Waals surface area contributed by atoms with Gasteiger partial charge in [-0.2, -0.15) is 0 Å². The Kier molecular flexibility index (Phi) is 31.5. The summed E-state index contributed by atoms with van der Waals surface area (Å²) < 4.78 is 0. The molecule has 0 spiro atoms. The van der Waals surface area contributed by atoms with Crippen LogP contribution in [0.5, 0.6) is 0 Å². The third-order valence-electron chi connectivity index (χ3n) is 0.538. The molecule has 0 fully saturated rings. The van der Waals surface area contributed by atoms with Crippen molar-refractivity contribution in [3.8, 4) is 0 Å². The minimum absolute atomic E-state index is 0. The molecule has 44 valence electrons.